The van der Waals surface area contributed by atoms with Gasteiger partial charge in [0.15, 0.2) is 31.5 Å². The van der Waals surface area contributed by atoms with Crippen LogP contribution in [0.4, 0.5) is 0 Å². The zero-order chi connectivity index (χ0) is 70.0. The molecule has 0 spiro atoms. The van der Waals surface area contributed by atoms with Crippen LogP contribution in [0.25, 0.3) is 0 Å². The van der Waals surface area contributed by atoms with Crippen molar-refractivity contribution in [1.29, 1.82) is 0 Å². The number of aliphatic hydroxyl groups is 12. The number of fused-ring (bicyclic) bond motifs is 7. The smallest absolute Gasteiger partial charge is 0.317 e. The molecule has 11 aliphatic rings. The minimum atomic E-state index is -1.89. The second-order valence-electron chi connectivity index (χ2n) is 31.8. The summed E-state index contributed by atoms with van der Waals surface area (Å²) in [6.45, 7) is 21.2. The minimum absolute atomic E-state index is 0.0236. The Balaban J connectivity index is 0.845. The van der Waals surface area contributed by atoms with Crippen LogP contribution in [0.2, 0.25) is 0 Å². The van der Waals surface area contributed by atoms with Crippen molar-refractivity contribution in [3.8, 4) is 0 Å². The monoisotopic (exact) mass is 1380 g/mol. The van der Waals surface area contributed by atoms with Gasteiger partial charge in [0.2, 0.25) is 6.29 Å². The van der Waals surface area contributed by atoms with Gasteiger partial charge in [-0.15, -0.1) is 0 Å². The number of carbonyl (C=O) groups excluding carboxylic acids is 1. The molecule has 17 unspecified atom stereocenters. The zero-order valence-corrected chi connectivity index (χ0v) is 58.0. The molecule has 552 valence electrons. The summed E-state index contributed by atoms with van der Waals surface area (Å²) in [4.78, 5) is 15.9. The van der Waals surface area contributed by atoms with Crippen molar-refractivity contribution in [2.24, 2.45) is 56.7 Å². The van der Waals surface area contributed by atoms with Crippen molar-refractivity contribution in [1.82, 2.24) is 0 Å². The Labute approximate surface area is 562 Å². The number of rotatable bonds is 16. The Morgan fingerprint density at radius 3 is 1.78 bits per heavy atom. The molecule has 6 aliphatic heterocycles. The molecule has 28 heteroatoms. The number of methoxy groups -OCH3 is 3. The fourth-order valence-corrected chi connectivity index (χ4v) is 19.7. The maximum atomic E-state index is 15.9. The molecule has 11 rings (SSSR count). The van der Waals surface area contributed by atoms with Crippen molar-refractivity contribution < 1.29 is 137 Å². The van der Waals surface area contributed by atoms with E-state index in [1.807, 2.05) is 27.7 Å². The average molecular weight is 1380 g/mol. The van der Waals surface area contributed by atoms with Crippen LogP contribution < -0.4 is 0 Å². The van der Waals surface area contributed by atoms with Crippen LogP contribution in [-0.2, 0) is 75.8 Å². The van der Waals surface area contributed by atoms with E-state index in [4.69, 9.17) is 71.1 Å². The molecule has 0 aromatic rings. The van der Waals surface area contributed by atoms with E-state index in [9.17, 15) is 61.3 Å². The van der Waals surface area contributed by atoms with E-state index < -0.39 is 224 Å². The molecule has 38 atom stereocenters. The highest BCUT2D eigenvalue weighted by Crippen LogP contribution is 2.76. The lowest BCUT2D eigenvalue weighted by molar-refractivity contribution is -0.396. The number of esters is 1. The summed E-state index contributed by atoms with van der Waals surface area (Å²) in [6.07, 6.45) is -29.9. The molecular formula is C68H112O28. The molecule has 96 heavy (non-hydrogen) atoms. The van der Waals surface area contributed by atoms with Crippen LogP contribution >= 0.6 is 0 Å². The lowest BCUT2D eigenvalue weighted by Gasteiger charge is -2.71. The molecule has 12 N–H and O–H groups in total. The van der Waals surface area contributed by atoms with E-state index in [0.717, 1.165) is 5.57 Å². The topological polar surface area (TPSA) is 398 Å². The average Bonchev–Trinajstić information content (AvgIpc) is 0.671. The maximum Gasteiger partial charge on any atom is 0.317 e. The Bertz CT molecular complexity index is 2690. The number of hydrogen-bond acceptors (Lipinski definition) is 28. The lowest BCUT2D eigenvalue weighted by Crippen LogP contribution is -2.70. The fraction of sp³-hybridized carbons (Fsp3) is 0.956. The number of aliphatic hydroxyl groups excluding tert-OH is 12. The number of carbonyl (C=O) groups is 1. The molecular weight excluding hydrogens is 1260 g/mol. The van der Waals surface area contributed by atoms with Gasteiger partial charge < -0.3 is 132 Å². The quantitative estimate of drug-likeness (QED) is 0.0557. The third-order valence-corrected chi connectivity index (χ3v) is 26.2. The predicted molar refractivity (Wildman–Crippen MR) is 331 cm³/mol. The zero-order valence-electron chi connectivity index (χ0n) is 58.0. The third-order valence-electron chi connectivity index (χ3n) is 26.2. The highest BCUT2D eigenvalue weighted by atomic mass is 16.8. The first-order chi connectivity index (χ1) is 45.1. The predicted octanol–water partition coefficient (Wildman–Crippen LogP) is 0.182. The third kappa shape index (κ3) is 12.6. The van der Waals surface area contributed by atoms with Crippen LogP contribution in [0.5, 0.6) is 0 Å². The first-order valence-corrected chi connectivity index (χ1v) is 34.9. The Hall–Kier alpha value is -1.83. The van der Waals surface area contributed by atoms with Gasteiger partial charge in [0.25, 0.3) is 0 Å². The normalized spacial score (nSPS) is 55.1. The van der Waals surface area contributed by atoms with Gasteiger partial charge in [-0.25, -0.2) is 0 Å². The molecule has 0 bridgehead atoms. The largest absolute Gasteiger partial charge is 0.432 e. The summed E-state index contributed by atoms with van der Waals surface area (Å²) in [5.74, 6) is -1.57. The summed E-state index contributed by atoms with van der Waals surface area (Å²) in [5, 5.41) is 133. The van der Waals surface area contributed by atoms with E-state index in [0.29, 0.717) is 51.4 Å². The van der Waals surface area contributed by atoms with Gasteiger partial charge in [-0.3, -0.25) is 4.79 Å². The SMILES string of the molecule is COC1[C@H](O)C(OC2[C@H](OC(=O)C34CCC(C)(C)CC3C3=CCC5C6(C)CC[C@H](O[C@@H]7OC(C)[C@@H](O)[C@H](O[C@@H]8OC[C@@H](O)[C@H](O)C8O)C7O[C@@H]7OC(CO)[C@H](O)[C@H](O)C7O)C(C)(OC)[C@@H]6CC[C@@]5(C)[C@]3(C)C[C@@H]4O)OC(C)C(C)[C@@H]2C)OC(C)[C@@H]1O[C@@H]1OC[C@@H](O)C(OC)[C@@H]1O. The maximum absolute atomic E-state index is 15.9. The van der Waals surface area contributed by atoms with Crippen LogP contribution in [0.3, 0.4) is 0 Å². The van der Waals surface area contributed by atoms with Crippen molar-refractivity contribution in [3.63, 3.8) is 0 Å². The van der Waals surface area contributed by atoms with Gasteiger partial charge >= 0.3 is 5.97 Å². The minimum Gasteiger partial charge on any atom is -0.432 e. The second-order valence-corrected chi connectivity index (χ2v) is 31.8. The van der Waals surface area contributed by atoms with Gasteiger partial charge in [-0.2, -0.15) is 0 Å². The first kappa shape index (κ1) is 75.3. The van der Waals surface area contributed by atoms with Crippen LogP contribution in [0.1, 0.15) is 134 Å². The van der Waals surface area contributed by atoms with Gasteiger partial charge in [0.05, 0.1) is 55.9 Å². The van der Waals surface area contributed by atoms with E-state index >= 15 is 4.79 Å². The summed E-state index contributed by atoms with van der Waals surface area (Å²) < 4.78 is 93.8. The first-order valence-electron chi connectivity index (χ1n) is 34.9. The highest BCUT2D eigenvalue weighted by Gasteiger charge is 2.73. The van der Waals surface area contributed by atoms with Crippen LogP contribution in [-0.4, -0.2) is 286 Å². The van der Waals surface area contributed by atoms with Crippen molar-refractivity contribution in [2.45, 2.75) is 312 Å². The molecule has 28 nitrogen and oxygen atoms in total. The molecule has 6 saturated heterocycles. The summed E-state index contributed by atoms with van der Waals surface area (Å²) in [7, 11) is 4.40. The molecule has 0 radical (unpaired) electrons. The molecule has 0 aromatic heterocycles. The van der Waals surface area contributed by atoms with Gasteiger partial charge in [0.1, 0.15) is 109 Å². The van der Waals surface area contributed by atoms with Gasteiger partial charge in [-0.05, 0) is 137 Å². The number of hydrogen-bond donors (Lipinski definition) is 12. The van der Waals surface area contributed by atoms with E-state index in [1.165, 1.54) is 14.2 Å². The van der Waals surface area contributed by atoms with Gasteiger partial charge in [-0.1, -0.05) is 60.1 Å². The van der Waals surface area contributed by atoms with Crippen LogP contribution in [0.15, 0.2) is 11.6 Å². The molecule has 10 fully saturated rings. The highest BCUT2D eigenvalue weighted by molar-refractivity contribution is 5.80. The lowest BCUT2D eigenvalue weighted by atomic mass is 9.34. The standard InChI is InChI=1S/C68H112O28/c1-28-29(2)50(92-59-49(80)53(83-13)51(32(5)89-59)93-57-48(79)52(82-12)36(71)27-86-57)60(87-30(28)3)96-62(81)68-22-21-63(6,7)23-34(68)33-15-16-38-64(8)19-18-41(67(11,84-14)39(64)17-20-65(38,9)66(33,10)24-40(68)72)91-61-55(95-58-47(78)45(76)44(75)37(25-69)90-58)54(42(73)31(4)88-61)94-56-46(77)43(74)35(70)26-85-56/h15,28-32,34-61,69-80H,16-27H2,1-14H3/t28?,29-,30?,31?,32?,34?,35+,36+,37?,38?,39+,40-,41-,42+,43-,44-,45-,46?,47?,48-,49-,50?,51-,52?,53?,54-,55?,56-,57-,58-,59?,60-,61-,64?,65+,66+,67?,68?/m0/s1. The summed E-state index contributed by atoms with van der Waals surface area (Å²) >= 11 is 0. The van der Waals surface area contributed by atoms with Crippen molar-refractivity contribution >= 4 is 5.97 Å². The Morgan fingerprint density at radius 1 is 0.521 bits per heavy atom. The fourth-order valence-electron chi connectivity index (χ4n) is 19.7. The summed E-state index contributed by atoms with van der Waals surface area (Å²) in [6, 6.07) is 0. The number of allylic oxidation sites excluding steroid dienone is 2. The van der Waals surface area contributed by atoms with E-state index in [1.54, 1.807) is 21.0 Å². The molecule has 0 aromatic carbocycles. The molecule has 0 amide bonds. The Morgan fingerprint density at radius 2 is 1.11 bits per heavy atom. The van der Waals surface area contributed by atoms with Gasteiger partial charge in [0, 0.05) is 21.3 Å². The molecule has 4 saturated carbocycles. The van der Waals surface area contributed by atoms with E-state index in [-0.39, 0.29) is 42.1 Å². The Kier molecular flexibility index (Phi) is 22.2. The van der Waals surface area contributed by atoms with E-state index in [2.05, 4.69) is 40.7 Å². The van der Waals surface area contributed by atoms with Crippen LogP contribution in [0, 0.1) is 56.7 Å². The summed E-state index contributed by atoms with van der Waals surface area (Å²) in [5.41, 5.74) is -2.98. The van der Waals surface area contributed by atoms with Crippen molar-refractivity contribution in [2.75, 3.05) is 41.2 Å². The molecule has 6 heterocycles. The second kappa shape index (κ2) is 28.3. The molecule has 5 aliphatic carbocycles. The number of ether oxygens (including phenoxy) is 15. The van der Waals surface area contributed by atoms with Crippen molar-refractivity contribution in [3.05, 3.63) is 11.6 Å².